The fourth-order valence-electron chi connectivity index (χ4n) is 2.04. The summed E-state index contributed by atoms with van der Waals surface area (Å²) in [7, 11) is 3.65. The summed E-state index contributed by atoms with van der Waals surface area (Å²) < 4.78 is 5.52. The highest BCUT2D eigenvalue weighted by Crippen LogP contribution is 2.38. The van der Waals surface area contributed by atoms with Crippen LogP contribution in [-0.4, -0.2) is 14.2 Å². The van der Waals surface area contributed by atoms with Gasteiger partial charge in [-0.1, -0.05) is 11.6 Å². The molecule has 0 spiro atoms. The number of methoxy groups -OCH3 is 1. The lowest BCUT2D eigenvalue weighted by Gasteiger charge is -2.22. The molecule has 0 heterocycles. The maximum absolute atomic E-state index is 6.33. The van der Waals surface area contributed by atoms with E-state index < -0.39 is 0 Å². The van der Waals surface area contributed by atoms with Crippen LogP contribution in [0.2, 0.25) is 5.02 Å². The Hall–Kier alpha value is -0.730. The Morgan fingerprint density at radius 1 is 1.12 bits per heavy atom. The van der Waals surface area contributed by atoms with Gasteiger partial charge < -0.3 is 10.1 Å². The molecular weight excluding hydrogens is 222 g/mol. The van der Waals surface area contributed by atoms with Gasteiger partial charge in [0.25, 0.3) is 0 Å². The summed E-state index contributed by atoms with van der Waals surface area (Å²) in [4.78, 5) is 0. The number of rotatable bonds is 3. The van der Waals surface area contributed by atoms with Crippen molar-refractivity contribution in [3.05, 3.63) is 27.3 Å². The zero-order valence-electron chi connectivity index (χ0n) is 10.9. The molecule has 1 rings (SSSR count). The fraction of sp³-hybridized carbons (Fsp3) is 0.538. The van der Waals surface area contributed by atoms with Gasteiger partial charge in [-0.2, -0.15) is 0 Å². The monoisotopic (exact) mass is 241 g/mol. The van der Waals surface area contributed by atoms with Gasteiger partial charge in [-0.3, -0.25) is 0 Å². The van der Waals surface area contributed by atoms with E-state index in [2.05, 4.69) is 12.2 Å². The van der Waals surface area contributed by atoms with Crippen LogP contribution in [0.1, 0.15) is 35.2 Å². The van der Waals surface area contributed by atoms with Crippen molar-refractivity contribution in [2.45, 2.75) is 33.7 Å². The summed E-state index contributed by atoms with van der Waals surface area (Å²) in [6.45, 7) is 8.22. The molecule has 0 fully saturated rings. The van der Waals surface area contributed by atoms with Gasteiger partial charge in [-0.05, 0) is 51.4 Å². The van der Waals surface area contributed by atoms with Crippen LogP contribution in [0.4, 0.5) is 0 Å². The predicted molar refractivity (Wildman–Crippen MR) is 69.7 cm³/mol. The van der Waals surface area contributed by atoms with Crippen LogP contribution in [-0.2, 0) is 0 Å². The normalized spacial score (nSPS) is 12.7. The molecule has 0 bridgehead atoms. The molecule has 1 unspecified atom stereocenters. The lowest BCUT2D eigenvalue weighted by molar-refractivity contribution is 0.399. The number of hydrogen-bond donors (Lipinski definition) is 1. The molecule has 0 aliphatic heterocycles. The first-order valence-electron chi connectivity index (χ1n) is 5.46. The van der Waals surface area contributed by atoms with Crippen molar-refractivity contribution in [3.63, 3.8) is 0 Å². The Kier molecular flexibility index (Phi) is 4.22. The molecule has 0 aliphatic carbocycles. The third-order valence-electron chi connectivity index (χ3n) is 3.28. The van der Waals surface area contributed by atoms with E-state index in [0.29, 0.717) is 0 Å². The molecule has 0 saturated carbocycles. The number of benzene rings is 1. The Balaban J connectivity index is 3.57. The van der Waals surface area contributed by atoms with Gasteiger partial charge >= 0.3 is 0 Å². The van der Waals surface area contributed by atoms with E-state index >= 15 is 0 Å². The Bertz CT molecular complexity index is 402. The van der Waals surface area contributed by atoms with Crippen molar-refractivity contribution in [2.75, 3.05) is 14.2 Å². The molecule has 0 aliphatic rings. The van der Waals surface area contributed by atoms with E-state index in [-0.39, 0.29) is 6.04 Å². The van der Waals surface area contributed by atoms with Crippen molar-refractivity contribution in [2.24, 2.45) is 0 Å². The fourth-order valence-corrected chi connectivity index (χ4v) is 2.28. The molecule has 16 heavy (non-hydrogen) atoms. The van der Waals surface area contributed by atoms with Crippen LogP contribution in [0.15, 0.2) is 0 Å². The average Bonchev–Trinajstić information content (AvgIpc) is 2.29. The SMILES string of the molecule is CNC(C)c1c(C)c(Cl)c(C)c(C)c1OC. The van der Waals surface area contributed by atoms with Gasteiger partial charge in [0, 0.05) is 16.6 Å². The molecule has 1 N–H and O–H groups in total. The molecule has 0 radical (unpaired) electrons. The van der Waals surface area contributed by atoms with Crippen molar-refractivity contribution < 1.29 is 4.74 Å². The van der Waals surface area contributed by atoms with Crippen LogP contribution in [0, 0.1) is 20.8 Å². The molecule has 1 aromatic rings. The van der Waals surface area contributed by atoms with Crippen LogP contribution >= 0.6 is 11.6 Å². The van der Waals surface area contributed by atoms with Gasteiger partial charge in [-0.15, -0.1) is 0 Å². The second-order valence-electron chi connectivity index (χ2n) is 4.15. The Morgan fingerprint density at radius 2 is 1.69 bits per heavy atom. The lowest BCUT2D eigenvalue weighted by atomic mass is 9.94. The summed E-state index contributed by atoms with van der Waals surface area (Å²) >= 11 is 6.33. The van der Waals surface area contributed by atoms with Crippen molar-refractivity contribution in [1.82, 2.24) is 5.32 Å². The summed E-state index contributed by atoms with van der Waals surface area (Å²) in [5.74, 6) is 0.946. The number of nitrogens with one attached hydrogen (secondary N) is 1. The number of ether oxygens (including phenoxy) is 1. The highest BCUT2D eigenvalue weighted by atomic mass is 35.5. The van der Waals surface area contributed by atoms with E-state index in [9.17, 15) is 0 Å². The molecule has 0 amide bonds. The quantitative estimate of drug-likeness (QED) is 0.874. The minimum atomic E-state index is 0.228. The minimum absolute atomic E-state index is 0.228. The smallest absolute Gasteiger partial charge is 0.127 e. The first-order chi connectivity index (χ1) is 7.45. The maximum Gasteiger partial charge on any atom is 0.127 e. The molecule has 2 nitrogen and oxygen atoms in total. The van der Waals surface area contributed by atoms with Crippen molar-refractivity contribution in [1.29, 1.82) is 0 Å². The highest BCUT2D eigenvalue weighted by molar-refractivity contribution is 6.32. The zero-order chi connectivity index (χ0) is 12.5. The number of halogens is 1. The average molecular weight is 242 g/mol. The van der Waals surface area contributed by atoms with Gasteiger partial charge in [-0.25, -0.2) is 0 Å². The van der Waals surface area contributed by atoms with E-state index in [1.54, 1.807) is 7.11 Å². The largest absolute Gasteiger partial charge is 0.496 e. The second-order valence-corrected chi connectivity index (χ2v) is 4.52. The van der Waals surface area contributed by atoms with Crippen LogP contribution in [0.5, 0.6) is 5.75 Å². The van der Waals surface area contributed by atoms with E-state index in [1.807, 2.05) is 27.8 Å². The summed E-state index contributed by atoms with van der Waals surface area (Å²) in [6.07, 6.45) is 0. The molecule has 1 atom stereocenters. The molecule has 0 saturated heterocycles. The maximum atomic E-state index is 6.33. The predicted octanol–water partition coefficient (Wildman–Crippen LogP) is 3.55. The molecular formula is C13H20ClNO. The topological polar surface area (TPSA) is 21.3 Å². The molecule has 1 aromatic carbocycles. The lowest BCUT2D eigenvalue weighted by Crippen LogP contribution is -2.16. The number of hydrogen-bond acceptors (Lipinski definition) is 2. The minimum Gasteiger partial charge on any atom is -0.496 e. The molecule has 3 heteroatoms. The molecule has 0 aromatic heterocycles. The first kappa shape index (κ1) is 13.3. The van der Waals surface area contributed by atoms with Gasteiger partial charge in [0.15, 0.2) is 0 Å². The Morgan fingerprint density at radius 3 is 2.12 bits per heavy atom. The highest BCUT2D eigenvalue weighted by Gasteiger charge is 2.20. The van der Waals surface area contributed by atoms with Gasteiger partial charge in [0.2, 0.25) is 0 Å². The van der Waals surface area contributed by atoms with Crippen molar-refractivity contribution >= 4 is 11.6 Å². The second kappa shape index (κ2) is 5.07. The van der Waals surface area contributed by atoms with E-state index in [0.717, 1.165) is 33.0 Å². The Labute approximate surface area is 103 Å². The zero-order valence-corrected chi connectivity index (χ0v) is 11.6. The van der Waals surface area contributed by atoms with Crippen molar-refractivity contribution in [3.8, 4) is 5.75 Å². The van der Waals surface area contributed by atoms with E-state index in [4.69, 9.17) is 16.3 Å². The third kappa shape index (κ3) is 2.04. The summed E-state index contributed by atoms with van der Waals surface area (Å²) in [5.41, 5.74) is 4.47. The van der Waals surface area contributed by atoms with Crippen LogP contribution in [0.25, 0.3) is 0 Å². The summed E-state index contributed by atoms with van der Waals surface area (Å²) in [6, 6.07) is 0.228. The third-order valence-corrected chi connectivity index (χ3v) is 3.85. The van der Waals surface area contributed by atoms with Crippen LogP contribution < -0.4 is 10.1 Å². The van der Waals surface area contributed by atoms with Crippen LogP contribution in [0.3, 0.4) is 0 Å². The molecule has 90 valence electrons. The standard InChI is InChI=1S/C13H20ClNO/c1-7-8(2)13(16-6)11(10(4)15-5)9(3)12(7)14/h10,15H,1-6H3. The first-order valence-corrected chi connectivity index (χ1v) is 5.83. The van der Waals surface area contributed by atoms with Gasteiger partial charge in [0.1, 0.15) is 5.75 Å². The van der Waals surface area contributed by atoms with Gasteiger partial charge in [0.05, 0.1) is 7.11 Å². The summed E-state index contributed by atoms with van der Waals surface area (Å²) in [5, 5.41) is 4.07. The van der Waals surface area contributed by atoms with E-state index in [1.165, 1.54) is 0 Å².